The molecular weight excluding hydrogens is 140 g/mol. The molecule has 0 aromatic heterocycles. The molecule has 1 heteroatoms. The summed E-state index contributed by atoms with van der Waals surface area (Å²) in [7, 11) is 0. The quantitative estimate of drug-likeness (QED) is 0.426. The number of hydrogen-bond acceptors (Lipinski definition) is 0. The van der Waals surface area contributed by atoms with Gasteiger partial charge >= 0.3 is 0 Å². The zero-order valence-corrected chi connectivity index (χ0v) is 7.16. The van der Waals surface area contributed by atoms with Gasteiger partial charge in [0.2, 0.25) is 16.2 Å². The molecule has 1 aromatic carbocycles. The van der Waals surface area contributed by atoms with Gasteiger partial charge < -0.3 is 0 Å². The Hall–Kier alpha value is -0.690. The maximum atomic E-state index is 3.75. The topological polar surface area (TPSA) is 0 Å². The fourth-order valence-electron chi connectivity index (χ4n) is 1.02. The van der Waals surface area contributed by atoms with Crippen LogP contribution < -0.4 is 0 Å². The van der Waals surface area contributed by atoms with E-state index in [0.717, 1.165) is 0 Å². The molecule has 0 N–H and O–H groups in total. The first-order valence-electron chi connectivity index (χ1n) is 3.22. The largest absolute Gasteiger partial charge is 0.230 e. The van der Waals surface area contributed by atoms with Crippen molar-refractivity contribution in [2.75, 3.05) is 0 Å². The van der Waals surface area contributed by atoms with Crippen LogP contribution in [0, 0.1) is 13.8 Å². The first kappa shape index (κ1) is 7.42. The van der Waals surface area contributed by atoms with E-state index >= 15 is 0 Å². The molecule has 0 aliphatic carbocycles. The van der Waals surface area contributed by atoms with Crippen LogP contribution in [-0.4, -0.2) is 5.87 Å². The smallest absolute Gasteiger partial charge is 0.0560 e. The summed E-state index contributed by atoms with van der Waals surface area (Å²) >= 11 is 1.55. The molecule has 0 aliphatic heterocycles. The summed E-state index contributed by atoms with van der Waals surface area (Å²) in [4.78, 5) is 1.25. The van der Waals surface area contributed by atoms with Crippen molar-refractivity contribution >= 4 is 17.2 Å². The van der Waals surface area contributed by atoms with Gasteiger partial charge in [-0.1, -0.05) is 6.07 Å². The summed E-state index contributed by atoms with van der Waals surface area (Å²) in [5, 5.41) is 0. The molecule has 52 valence electrons. The maximum absolute atomic E-state index is 3.75. The second kappa shape index (κ2) is 2.93. The van der Waals surface area contributed by atoms with Gasteiger partial charge in [0.15, 0.2) is 5.87 Å². The fourth-order valence-corrected chi connectivity index (χ4v) is 1.55. The van der Waals surface area contributed by atoms with E-state index in [4.69, 9.17) is 0 Å². The summed E-state index contributed by atoms with van der Waals surface area (Å²) in [6.07, 6.45) is 0. The van der Waals surface area contributed by atoms with Gasteiger partial charge in [0.05, 0.1) is 0 Å². The van der Waals surface area contributed by atoms with Crippen molar-refractivity contribution in [2.24, 2.45) is 0 Å². The second-order valence-electron chi connectivity index (χ2n) is 2.47. The minimum Gasteiger partial charge on any atom is -0.0560 e. The average Bonchev–Trinajstić information content (AvgIpc) is 1.85. The number of hydrogen-bond donors (Lipinski definition) is 0. The van der Waals surface area contributed by atoms with Crippen molar-refractivity contribution in [3.8, 4) is 0 Å². The van der Waals surface area contributed by atoms with Crippen LogP contribution in [0.4, 0.5) is 0 Å². The average molecular weight is 151 g/mol. The number of benzene rings is 1. The lowest BCUT2D eigenvalue weighted by molar-refractivity contribution is 1.30. The molecule has 0 heterocycles. The highest BCUT2D eigenvalue weighted by atomic mass is 32.1. The normalized spacial score (nSPS) is 9.40. The standard InChI is InChI=1S/C9H11S/c1-7-4-8(2)6-9(5-7)10-3/h4-6H,3H2,1-2H3/q+1. The summed E-state index contributed by atoms with van der Waals surface area (Å²) in [5.74, 6) is 3.75. The van der Waals surface area contributed by atoms with Gasteiger partial charge in [0.1, 0.15) is 0 Å². The molecule has 0 unspecified atom stereocenters. The van der Waals surface area contributed by atoms with Crippen LogP contribution in [0.1, 0.15) is 11.1 Å². The van der Waals surface area contributed by atoms with Crippen LogP contribution >= 0.6 is 0 Å². The molecule has 0 fully saturated rings. The van der Waals surface area contributed by atoms with E-state index < -0.39 is 0 Å². The summed E-state index contributed by atoms with van der Waals surface area (Å²) in [6, 6.07) is 6.45. The Morgan fingerprint density at radius 1 is 1.10 bits per heavy atom. The van der Waals surface area contributed by atoms with Crippen LogP contribution in [0.5, 0.6) is 0 Å². The van der Waals surface area contributed by atoms with E-state index in [1.807, 2.05) is 0 Å². The van der Waals surface area contributed by atoms with E-state index in [2.05, 4.69) is 37.9 Å². The van der Waals surface area contributed by atoms with Gasteiger partial charge in [0, 0.05) is 12.1 Å². The summed E-state index contributed by atoms with van der Waals surface area (Å²) in [6.45, 7) is 4.21. The monoisotopic (exact) mass is 151 g/mol. The van der Waals surface area contributed by atoms with Gasteiger partial charge in [-0.2, -0.15) is 0 Å². The van der Waals surface area contributed by atoms with E-state index in [1.165, 1.54) is 16.0 Å². The lowest BCUT2D eigenvalue weighted by Gasteiger charge is -1.91. The van der Waals surface area contributed by atoms with Gasteiger partial charge in [-0.25, -0.2) is 0 Å². The molecule has 0 nitrogen and oxygen atoms in total. The Labute approximate surface area is 65.9 Å². The third-order valence-corrected chi connectivity index (χ3v) is 1.93. The molecule has 0 atom stereocenters. The molecule has 0 bridgehead atoms. The molecule has 1 rings (SSSR count). The highest BCUT2D eigenvalue weighted by Gasteiger charge is 1.99. The van der Waals surface area contributed by atoms with Crippen molar-refractivity contribution in [3.63, 3.8) is 0 Å². The molecule has 1 aromatic rings. The third-order valence-electron chi connectivity index (χ3n) is 1.36. The van der Waals surface area contributed by atoms with Crippen molar-refractivity contribution < 1.29 is 0 Å². The molecule has 0 aliphatic rings. The van der Waals surface area contributed by atoms with Crippen LogP contribution in [-0.2, 0) is 11.4 Å². The highest BCUT2D eigenvalue weighted by molar-refractivity contribution is 7.76. The fraction of sp³-hybridized carbons (Fsp3) is 0.222. The van der Waals surface area contributed by atoms with Crippen LogP contribution in [0.15, 0.2) is 23.1 Å². The first-order chi connectivity index (χ1) is 4.72. The van der Waals surface area contributed by atoms with Crippen molar-refractivity contribution in [1.29, 1.82) is 0 Å². The highest BCUT2D eigenvalue weighted by Crippen LogP contribution is 2.07. The molecule has 0 saturated carbocycles. The minimum atomic E-state index is 1.25. The lowest BCUT2D eigenvalue weighted by atomic mass is 10.2. The molecule has 0 saturated heterocycles. The van der Waals surface area contributed by atoms with Crippen LogP contribution in [0.3, 0.4) is 0 Å². The Morgan fingerprint density at radius 2 is 1.60 bits per heavy atom. The van der Waals surface area contributed by atoms with Crippen molar-refractivity contribution in [2.45, 2.75) is 18.7 Å². The Kier molecular flexibility index (Phi) is 2.17. The van der Waals surface area contributed by atoms with E-state index in [-0.39, 0.29) is 0 Å². The molecular formula is C9H11S+. The molecule has 10 heavy (non-hydrogen) atoms. The molecule has 0 spiro atoms. The SMILES string of the molecule is C=[S+]c1cc(C)cc(C)c1. The third kappa shape index (κ3) is 1.64. The van der Waals surface area contributed by atoms with Crippen molar-refractivity contribution in [3.05, 3.63) is 29.3 Å². The minimum absolute atomic E-state index is 1.25. The Balaban J connectivity index is 3.18. The molecule has 0 amide bonds. The van der Waals surface area contributed by atoms with E-state index in [0.29, 0.717) is 0 Å². The predicted octanol–water partition coefficient (Wildman–Crippen LogP) is 2.18. The lowest BCUT2D eigenvalue weighted by Crippen LogP contribution is -1.79. The van der Waals surface area contributed by atoms with Gasteiger partial charge in [-0.05, 0) is 25.0 Å². The Morgan fingerprint density at radius 3 is 2.00 bits per heavy atom. The first-order valence-corrected chi connectivity index (χ1v) is 4.21. The molecule has 0 radical (unpaired) electrons. The van der Waals surface area contributed by atoms with E-state index in [9.17, 15) is 0 Å². The summed E-state index contributed by atoms with van der Waals surface area (Å²) < 4.78 is 0. The predicted molar refractivity (Wildman–Crippen MR) is 48.7 cm³/mol. The maximum Gasteiger partial charge on any atom is 0.230 e. The van der Waals surface area contributed by atoms with Crippen molar-refractivity contribution in [1.82, 2.24) is 0 Å². The Bertz CT molecular complexity index is 231. The van der Waals surface area contributed by atoms with Gasteiger partial charge in [0.25, 0.3) is 0 Å². The van der Waals surface area contributed by atoms with Crippen LogP contribution in [0.25, 0.3) is 0 Å². The van der Waals surface area contributed by atoms with E-state index in [1.54, 1.807) is 11.4 Å². The zero-order valence-electron chi connectivity index (χ0n) is 6.35. The number of rotatable bonds is 1. The second-order valence-corrected chi connectivity index (χ2v) is 3.23. The summed E-state index contributed by atoms with van der Waals surface area (Å²) in [5.41, 5.74) is 2.62. The van der Waals surface area contributed by atoms with Gasteiger partial charge in [-0.3, -0.25) is 0 Å². The zero-order chi connectivity index (χ0) is 7.56. The van der Waals surface area contributed by atoms with Gasteiger partial charge in [-0.15, -0.1) is 0 Å². The number of aryl methyl sites for hydroxylation is 2. The van der Waals surface area contributed by atoms with Crippen LogP contribution in [0.2, 0.25) is 0 Å².